The van der Waals surface area contributed by atoms with E-state index in [1.54, 1.807) is 12.1 Å². The Morgan fingerprint density at radius 2 is 2.18 bits per heavy atom. The monoisotopic (exact) mass is 236 g/mol. The number of non-ortho nitro benzene ring substituents is 1. The molecule has 0 unspecified atom stereocenters. The van der Waals surface area contributed by atoms with Gasteiger partial charge in [0, 0.05) is 24.6 Å². The van der Waals surface area contributed by atoms with Crippen LogP contribution in [-0.4, -0.2) is 24.6 Å². The molecule has 1 heterocycles. The second-order valence-electron chi connectivity index (χ2n) is 4.27. The molecule has 1 saturated heterocycles. The highest BCUT2D eigenvalue weighted by Crippen LogP contribution is 2.19. The van der Waals surface area contributed by atoms with E-state index in [2.05, 4.69) is 5.32 Å². The highest BCUT2D eigenvalue weighted by molar-refractivity contribution is 5.35. The largest absolute Gasteiger partial charge is 0.493 e. The van der Waals surface area contributed by atoms with E-state index in [0.717, 1.165) is 13.1 Å². The first kappa shape index (κ1) is 11.9. The number of nitrogens with one attached hydrogen (secondary N) is 1. The van der Waals surface area contributed by atoms with Gasteiger partial charge < -0.3 is 10.1 Å². The van der Waals surface area contributed by atoms with E-state index in [9.17, 15) is 10.1 Å². The molecule has 0 saturated carbocycles. The van der Waals surface area contributed by atoms with Gasteiger partial charge in [-0.05, 0) is 31.5 Å². The van der Waals surface area contributed by atoms with Crippen molar-refractivity contribution in [3.05, 3.63) is 34.4 Å². The fraction of sp³-hybridized carbons (Fsp3) is 0.500. The minimum absolute atomic E-state index is 0.0942. The summed E-state index contributed by atoms with van der Waals surface area (Å²) in [6, 6.07) is 6.23. The number of benzene rings is 1. The van der Waals surface area contributed by atoms with E-state index in [-0.39, 0.29) is 5.69 Å². The van der Waals surface area contributed by atoms with Crippen LogP contribution in [0.4, 0.5) is 5.69 Å². The van der Waals surface area contributed by atoms with Gasteiger partial charge >= 0.3 is 0 Å². The van der Waals surface area contributed by atoms with E-state index in [0.29, 0.717) is 18.3 Å². The standard InChI is InChI=1S/C12H16N2O3/c15-14(16)11-3-5-12(6-4-11)17-9-10-2-1-7-13-8-10/h3-6,10,13H,1-2,7-9H2/t10-/m1/s1. The van der Waals surface area contributed by atoms with E-state index >= 15 is 0 Å². The Kier molecular flexibility index (Phi) is 3.93. The zero-order valence-electron chi connectivity index (χ0n) is 9.59. The lowest BCUT2D eigenvalue weighted by atomic mass is 10.0. The molecule has 1 aliphatic heterocycles. The Morgan fingerprint density at radius 1 is 1.41 bits per heavy atom. The first-order valence-corrected chi connectivity index (χ1v) is 5.83. The molecule has 2 rings (SSSR count). The van der Waals surface area contributed by atoms with E-state index < -0.39 is 4.92 Å². The van der Waals surface area contributed by atoms with Crippen LogP contribution < -0.4 is 10.1 Å². The van der Waals surface area contributed by atoms with Crippen molar-refractivity contribution >= 4 is 5.69 Å². The molecule has 0 amide bonds. The van der Waals surface area contributed by atoms with Crippen LogP contribution >= 0.6 is 0 Å². The molecule has 17 heavy (non-hydrogen) atoms. The van der Waals surface area contributed by atoms with Crippen molar-refractivity contribution in [2.75, 3.05) is 19.7 Å². The first-order valence-electron chi connectivity index (χ1n) is 5.83. The highest BCUT2D eigenvalue weighted by Gasteiger charge is 2.13. The summed E-state index contributed by atoms with van der Waals surface area (Å²) in [5, 5.41) is 13.8. The van der Waals surface area contributed by atoms with Crippen LogP contribution in [0.5, 0.6) is 5.75 Å². The molecule has 0 aromatic heterocycles. The van der Waals surface area contributed by atoms with Gasteiger partial charge in [0.25, 0.3) is 5.69 Å². The Morgan fingerprint density at radius 3 is 2.76 bits per heavy atom. The van der Waals surface area contributed by atoms with Crippen LogP contribution in [0.3, 0.4) is 0 Å². The van der Waals surface area contributed by atoms with Crippen LogP contribution in [0, 0.1) is 16.0 Å². The summed E-state index contributed by atoms with van der Waals surface area (Å²) in [6.07, 6.45) is 2.37. The molecule has 0 radical (unpaired) electrons. The van der Waals surface area contributed by atoms with Crippen molar-refractivity contribution in [3.63, 3.8) is 0 Å². The van der Waals surface area contributed by atoms with Crippen LogP contribution in [0.25, 0.3) is 0 Å². The van der Waals surface area contributed by atoms with Crippen molar-refractivity contribution < 1.29 is 9.66 Å². The van der Waals surface area contributed by atoms with Gasteiger partial charge in [0.05, 0.1) is 11.5 Å². The zero-order chi connectivity index (χ0) is 12.1. The van der Waals surface area contributed by atoms with E-state index in [4.69, 9.17) is 4.74 Å². The molecule has 0 spiro atoms. The topological polar surface area (TPSA) is 64.4 Å². The van der Waals surface area contributed by atoms with Crippen molar-refractivity contribution in [3.8, 4) is 5.75 Å². The van der Waals surface area contributed by atoms with Gasteiger partial charge in [0.1, 0.15) is 5.75 Å². The van der Waals surface area contributed by atoms with Gasteiger partial charge in [-0.25, -0.2) is 0 Å². The SMILES string of the molecule is O=[N+]([O-])c1ccc(OC[C@@H]2CCCNC2)cc1. The number of nitro benzene ring substituents is 1. The summed E-state index contributed by atoms with van der Waals surface area (Å²) in [5.74, 6) is 1.24. The Labute approximate surface area is 99.9 Å². The molecule has 1 N–H and O–H groups in total. The average molecular weight is 236 g/mol. The van der Waals surface area contributed by atoms with Gasteiger partial charge in [-0.1, -0.05) is 0 Å². The average Bonchev–Trinajstić information content (AvgIpc) is 2.38. The quantitative estimate of drug-likeness (QED) is 0.641. The van der Waals surface area contributed by atoms with Crippen molar-refractivity contribution in [2.24, 2.45) is 5.92 Å². The summed E-state index contributed by atoms with van der Waals surface area (Å²) >= 11 is 0. The smallest absolute Gasteiger partial charge is 0.269 e. The highest BCUT2D eigenvalue weighted by atomic mass is 16.6. The Bertz CT molecular complexity index is 372. The van der Waals surface area contributed by atoms with Gasteiger partial charge in [0.15, 0.2) is 0 Å². The fourth-order valence-corrected chi connectivity index (χ4v) is 1.94. The molecular formula is C12H16N2O3. The molecule has 1 aromatic rings. The summed E-state index contributed by atoms with van der Waals surface area (Å²) in [4.78, 5) is 10.1. The van der Waals surface area contributed by atoms with Gasteiger partial charge in [-0.2, -0.15) is 0 Å². The summed E-state index contributed by atoms with van der Waals surface area (Å²) in [7, 11) is 0. The van der Waals surface area contributed by atoms with Crippen molar-refractivity contribution in [2.45, 2.75) is 12.8 Å². The fourth-order valence-electron chi connectivity index (χ4n) is 1.94. The predicted molar refractivity (Wildman–Crippen MR) is 64.2 cm³/mol. The van der Waals surface area contributed by atoms with Crippen LogP contribution in [-0.2, 0) is 0 Å². The first-order chi connectivity index (χ1) is 8.25. The third kappa shape index (κ3) is 3.42. The second kappa shape index (κ2) is 5.63. The third-order valence-corrected chi connectivity index (χ3v) is 2.93. The Balaban J connectivity index is 1.84. The molecule has 0 aliphatic carbocycles. The molecule has 0 bridgehead atoms. The van der Waals surface area contributed by atoms with E-state index in [1.807, 2.05) is 0 Å². The molecule has 1 aromatic carbocycles. The maximum Gasteiger partial charge on any atom is 0.269 e. The molecule has 1 atom stereocenters. The van der Waals surface area contributed by atoms with Gasteiger partial charge in [-0.3, -0.25) is 10.1 Å². The number of piperidine rings is 1. The van der Waals surface area contributed by atoms with Crippen LogP contribution in [0.1, 0.15) is 12.8 Å². The summed E-state index contributed by atoms with van der Waals surface area (Å²) in [5.41, 5.74) is 0.0942. The number of nitro groups is 1. The molecule has 5 heteroatoms. The van der Waals surface area contributed by atoms with Crippen molar-refractivity contribution in [1.29, 1.82) is 0 Å². The number of hydrogen-bond donors (Lipinski definition) is 1. The third-order valence-electron chi connectivity index (χ3n) is 2.93. The molecule has 5 nitrogen and oxygen atoms in total. The number of nitrogens with zero attached hydrogens (tertiary/aromatic N) is 1. The maximum atomic E-state index is 10.5. The lowest BCUT2D eigenvalue weighted by Crippen LogP contribution is -2.33. The maximum absolute atomic E-state index is 10.5. The second-order valence-corrected chi connectivity index (χ2v) is 4.27. The summed E-state index contributed by atoms with van der Waals surface area (Å²) < 4.78 is 5.62. The molecule has 1 fully saturated rings. The molecular weight excluding hydrogens is 220 g/mol. The van der Waals surface area contributed by atoms with E-state index in [1.165, 1.54) is 25.0 Å². The summed E-state index contributed by atoms with van der Waals surface area (Å²) in [6.45, 7) is 2.76. The predicted octanol–water partition coefficient (Wildman–Crippen LogP) is 1.97. The normalized spacial score (nSPS) is 19.9. The minimum atomic E-state index is -0.408. The number of hydrogen-bond acceptors (Lipinski definition) is 4. The van der Waals surface area contributed by atoms with Gasteiger partial charge in [0.2, 0.25) is 0 Å². The molecule has 92 valence electrons. The number of rotatable bonds is 4. The Hall–Kier alpha value is -1.62. The van der Waals surface area contributed by atoms with Crippen LogP contribution in [0.2, 0.25) is 0 Å². The van der Waals surface area contributed by atoms with Crippen molar-refractivity contribution in [1.82, 2.24) is 5.32 Å². The lowest BCUT2D eigenvalue weighted by molar-refractivity contribution is -0.384. The zero-order valence-corrected chi connectivity index (χ0v) is 9.59. The van der Waals surface area contributed by atoms with Gasteiger partial charge in [-0.15, -0.1) is 0 Å². The lowest BCUT2D eigenvalue weighted by Gasteiger charge is -2.22. The molecule has 1 aliphatic rings. The minimum Gasteiger partial charge on any atom is -0.493 e. The van der Waals surface area contributed by atoms with Crippen LogP contribution in [0.15, 0.2) is 24.3 Å². The number of ether oxygens (including phenoxy) is 1.